The highest BCUT2D eigenvalue weighted by molar-refractivity contribution is 7.13. The van der Waals surface area contributed by atoms with Crippen LogP contribution in [0.4, 0.5) is 0 Å². The summed E-state index contributed by atoms with van der Waals surface area (Å²) in [6.45, 7) is 8.80. The maximum atomic E-state index is 13.1. The normalized spacial score (nSPS) is 14.0. The minimum absolute atomic E-state index is 0.0271. The monoisotopic (exact) mass is 450 g/mol. The summed E-state index contributed by atoms with van der Waals surface area (Å²) in [5.41, 5.74) is 0.459. The first kappa shape index (κ1) is 22.4. The molecule has 1 aliphatic heterocycles. The van der Waals surface area contributed by atoms with Crippen LogP contribution in [-0.2, 0) is 0 Å². The van der Waals surface area contributed by atoms with E-state index in [-0.39, 0.29) is 11.8 Å². The van der Waals surface area contributed by atoms with Gasteiger partial charge in [-0.3, -0.25) is 9.59 Å². The number of carbonyl (C=O) groups excluding carboxylic acids is 2. The third-order valence-electron chi connectivity index (χ3n) is 4.81. The zero-order valence-electron chi connectivity index (χ0n) is 17.6. The molecule has 1 aromatic heterocycles. The fourth-order valence-electron chi connectivity index (χ4n) is 3.30. The van der Waals surface area contributed by atoms with Crippen LogP contribution in [0, 0.1) is 6.92 Å². The molecule has 0 radical (unpaired) electrons. The number of carbonyl (C=O) groups is 2. The van der Waals surface area contributed by atoms with E-state index in [4.69, 9.17) is 21.1 Å². The predicted octanol–water partition coefficient (Wildman–Crippen LogP) is 4.50. The summed E-state index contributed by atoms with van der Waals surface area (Å²) in [6.07, 6.45) is 0.844. The molecule has 0 spiro atoms. The largest absolute Gasteiger partial charge is 0.490 e. The third kappa shape index (κ3) is 5.08. The van der Waals surface area contributed by atoms with E-state index in [9.17, 15) is 9.59 Å². The lowest BCUT2D eigenvalue weighted by Crippen LogP contribution is -2.50. The Morgan fingerprint density at radius 2 is 1.70 bits per heavy atom. The Kier molecular flexibility index (Phi) is 7.61. The zero-order chi connectivity index (χ0) is 21.7. The van der Waals surface area contributed by atoms with Crippen LogP contribution in [0.3, 0.4) is 0 Å². The van der Waals surface area contributed by atoms with Crippen molar-refractivity contribution in [2.45, 2.75) is 27.2 Å². The van der Waals surface area contributed by atoms with Gasteiger partial charge in [0.05, 0.1) is 23.1 Å². The Morgan fingerprint density at radius 3 is 2.27 bits per heavy atom. The van der Waals surface area contributed by atoms with Gasteiger partial charge in [0, 0.05) is 36.6 Å². The number of halogens is 1. The van der Waals surface area contributed by atoms with Gasteiger partial charge in [0.15, 0.2) is 11.5 Å². The minimum Gasteiger partial charge on any atom is -0.490 e. The number of hydrogen-bond donors (Lipinski definition) is 0. The molecule has 2 heterocycles. The molecule has 0 saturated carbocycles. The van der Waals surface area contributed by atoms with Crippen molar-refractivity contribution in [1.82, 2.24) is 9.80 Å². The minimum atomic E-state index is -0.126. The Hall–Kier alpha value is -2.25. The molecule has 0 unspecified atom stereocenters. The van der Waals surface area contributed by atoms with Gasteiger partial charge in [-0.25, -0.2) is 0 Å². The number of aryl methyl sites for hydroxylation is 1. The van der Waals surface area contributed by atoms with Crippen LogP contribution in [0.2, 0.25) is 5.02 Å². The highest BCUT2D eigenvalue weighted by Gasteiger charge is 2.27. The van der Waals surface area contributed by atoms with Gasteiger partial charge in [-0.05, 0) is 44.5 Å². The van der Waals surface area contributed by atoms with Gasteiger partial charge in [-0.15, -0.1) is 11.3 Å². The number of piperazine rings is 1. The van der Waals surface area contributed by atoms with Crippen molar-refractivity contribution in [3.05, 3.63) is 44.6 Å². The Bertz CT molecular complexity index is 907. The summed E-state index contributed by atoms with van der Waals surface area (Å²) in [6, 6.07) is 7.13. The molecule has 3 rings (SSSR count). The van der Waals surface area contributed by atoms with Crippen LogP contribution in [0.1, 0.15) is 45.2 Å². The quantitative estimate of drug-likeness (QED) is 0.623. The molecule has 1 aliphatic rings. The standard InChI is InChI=1S/C22H27ClN2O4S/c1-4-12-29-20-17(23)13-16(14-18(20)28-5-2)21(26)24-8-10-25(11-9-24)22(27)19-7-6-15(3)30-19/h6-7,13-14H,4-5,8-12H2,1-3H3. The molecule has 8 heteroatoms. The third-order valence-corrected chi connectivity index (χ3v) is 6.08. The summed E-state index contributed by atoms with van der Waals surface area (Å²) < 4.78 is 11.4. The van der Waals surface area contributed by atoms with Crippen LogP contribution >= 0.6 is 22.9 Å². The second kappa shape index (κ2) is 10.2. The number of nitrogens with zero attached hydrogens (tertiary/aromatic N) is 2. The van der Waals surface area contributed by atoms with Crippen LogP contribution in [0.15, 0.2) is 24.3 Å². The van der Waals surface area contributed by atoms with E-state index in [1.54, 1.807) is 21.9 Å². The van der Waals surface area contributed by atoms with Crippen molar-refractivity contribution in [2.24, 2.45) is 0 Å². The lowest BCUT2D eigenvalue weighted by Gasteiger charge is -2.34. The second-order valence-corrected chi connectivity index (χ2v) is 8.76. The SMILES string of the molecule is CCCOc1c(Cl)cc(C(=O)N2CCN(C(=O)c3ccc(C)s3)CC2)cc1OCC. The van der Waals surface area contributed by atoms with Gasteiger partial charge in [-0.1, -0.05) is 18.5 Å². The average molecular weight is 451 g/mol. The van der Waals surface area contributed by atoms with Crippen LogP contribution < -0.4 is 9.47 Å². The molecule has 1 aromatic carbocycles. The second-order valence-electron chi connectivity index (χ2n) is 7.06. The summed E-state index contributed by atoms with van der Waals surface area (Å²) in [4.78, 5) is 31.1. The van der Waals surface area contributed by atoms with Crippen molar-refractivity contribution in [2.75, 3.05) is 39.4 Å². The van der Waals surface area contributed by atoms with Crippen molar-refractivity contribution >= 4 is 34.8 Å². The van der Waals surface area contributed by atoms with E-state index in [1.165, 1.54) is 11.3 Å². The van der Waals surface area contributed by atoms with Crippen molar-refractivity contribution in [3.63, 3.8) is 0 Å². The fraction of sp³-hybridized carbons (Fsp3) is 0.455. The molecular weight excluding hydrogens is 424 g/mol. The Morgan fingerprint density at radius 1 is 1.03 bits per heavy atom. The van der Waals surface area contributed by atoms with Gasteiger partial charge < -0.3 is 19.3 Å². The Balaban J connectivity index is 1.69. The van der Waals surface area contributed by atoms with Gasteiger partial charge in [-0.2, -0.15) is 0 Å². The molecule has 0 atom stereocenters. The first-order chi connectivity index (χ1) is 14.4. The molecule has 6 nitrogen and oxygen atoms in total. The van der Waals surface area contributed by atoms with E-state index >= 15 is 0 Å². The number of rotatable bonds is 7. The molecule has 1 saturated heterocycles. The van der Waals surface area contributed by atoms with Gasteiger partial charge >= 0.3 is 0 Å². The van der Waals surface area contributed by atoms with Crippen molar-refractivity contribution in [3.8, 4) is 11.5 Å². The average Bonchev–Trinajstić information content (AvgIpc) is 3.18. The summed E-state index contributed by atoms with van der Waals surface area (Å²) in [5, 5.41) is 0.361. The maximum absolute atomic E-state index is 13.1. The van der Waals surface area contributed by atoms with Crippen LogP contribution in [0.25, 0.3) is 0 Å². The molecule has 0 aliphatic carbocycles. The molecular formula is C22H27ClN2O4S. The van der Waals surface area contributed by atoms with Crippen LogP contribution in [0.5, 0.6) is 11.5 Å². The molecule has 2 aromatic rings. The summed E-state index contributed by atoms with van der Waals surface area (Å²) in [5.74, 6) is 0.848. The summed E-state index contributed by atoms with van der Waals surface area (Å²) in [7, 11) is 0. The van der Waals surface area contributed by atoms with E-state index in [0.717, 1.165) is 16.2 Å². The molecule has 1 fully saturated rings. The molecule has 0 bridgehead atoms. The molecule has 30 heavy (non-hydrogen) atoms. The lowest BCUT2D eigenvalue weighted by atomic mass is 10.1. The lowest BCUT2D eigenvalue weighted by molar-refractivity contribution is 0.0538. The predicted molar refractivity (Wildman–Crippen MR) is 119 cm³/mol. The molecule has 2 amide bonds. The first-order valence-electron chi connectivity index (χ1n) is 10.2. The smallest absolute Gasteiger partial charge is 0.264 e. The highest BCUT2D eigenvalue weighted by Crippen LogP contribution is 2.37. The summed E-state index contributed by atoms with van der Waals surface area (Å²) >= 11 is 7.89. The number of ether oxygens (including phenoxy) is 2. The van der Waals surface area contributed by atoms with Crippen molar-refractivity contribution < 1.29 is 19.1 Å². The maximum Gasteiger partial charge on any atom is 0.264 e. The van der Waals surface area contributed by atoms with E-state index in [1.807, 2.05) is 32.9 Å². The highest BCUT2D eigenvalue weighted by atomic mass is 35.5. The van der Waals surface area contributed by atoms with E-state index in [0.29, 0.717) is 61.5 Å². The zero-order valence-corrected chi connectivity index (χ0v) is 19.1. The number of thiophene rings is 1. The fourth-order valence-corrected chi connectivity index (χ4v) is 4.40. The Labute approximate surface area is 186 Å². The molecule has 162 valence electrons. The topological polar surface area (TPSA) is 59.1 Å². The van der Waals surface area contributed by atoms with E-state index < -0.39 is 0 Å². The molecule has 0 N–H and O–H groups in total. The van der Waals surface area contributed by atoms with Gasteiger partial charge in [0.1, 0.15) is 0 Å². The first-order valence-corrected chi connectivity index (χ1v) is 11.4. The van der Waals surface area contributed by atoms with Gasteiger partial charge in [0.25, 0.3) is 11.8 Å². The number of benzene rings is 1. The van der Waals surface area contributed by atoms with Gasteiger partial charge in [0.2, 0.25) is 0 Å². The number of hydrogen-bond acceptors (Lipinski definition) is 5. The number of amides is 2. The van der Waals surface area contributed by atoms with Crippen molar-refractivity contribution in [1.29, 1.82) is 0 Å². The van der Waals surface area contributed by atoms with Crippen LogP contribution in [-0.4, -0.2) is 61.0 Å². The van der Waals surface area contributed by atoms with E-state index in [2.05, 4.69) is 0 Å².